The maximum atomic E-state index is 12.6. The molecule has 0 fully saturated rings. The minimum atomic E-state index is -3.63. The Balaban J connectivity index is 2.50. The first-order chi connectivity index (χ1) is 9.72. The molecule has 0 unspecified atom stereocenters. The molecule has 0 bridgehead atoms. The van der Waals surface area contributed by atoms with E-state index < -0.39 is 10.0 Å². The first-order valence-electron chi connectivity index (χ1n) is 6.68. The van der Waals surface area contributed by atoms with Gasteiger partial charge in [-0.3, -0.25) is 4.72 Å². The summed E-state index contributed by atoms with van der Waals surface area (Å²) in [6.45, 7) is 7.39. The van der Waals surface area contributed by atoms with Gasteiger partial charge in [-0.2, -0.15) is 0 Å². The average molecular weight is 304 g/mol. The summed E-state index contributed by atoms with van der Waals surface area (Å²) in [4.78, 5) is 0.286. The molecule has 112 valence electrons. The highest BCUT2D eigenvalue weighted by Crippen LogP contribution is 2.28. The first-order valence-corrected chi connectivity index (χ1v) is 8.16. The van der Waals surface area contributed by atoms with Crippen LogP contribution in [0.2, 0.25) is 0 Å². The van der Waals surface area contributed by atoms with Crippen molar-refractivity contribution in [2.24, 2.45) is 0 Å². The van der Waals surface area contributed by atoms with Crippen LogP contribution in [0.3, 0.4) is 0 Å². The number of hydrogen-bond acceptors (Lipinski definition) is 3. The van der Waals surface area contributed by atoms with Crippen molar-refractivity contribution in [2.45, 2.75) is 32.6 Å². The predicted octanol–water partition coefficient (Wildman–Crippen LogP) is 3.30. The summed E-state index contributed by atoms with van der Waals surface area (Å²) in [6, 6.07) is 8.86. The number of sulfonamides is 1. The van der Waals surface area contributed by atoms with Gasteiger partial charge in [-0.1, -0.05) is 23.8 Å². The lowest BCUT2D eigenvalue weighted by Crippen LogP contribution is -2.16. The Labute approximate surface area is 126 Å². The van der Waals surface area contributed by atoms with Crippen LogP contribution in [0.15, 0.2) is 35.2 Å². The number of nitrogen functional groups attached to an aromatic ring is 1. The summed E-state index contributed by atoms with van der Waals surface area (Å²) in [5, 5.41) is 0. The third kappa shape index (κ3) is 3.03. The Morgan fingerprint density at radius 3 is 2.24 bits per heavy atom. The summed E-state index contributed by atoms with van der Waals surface area (Å²) in [7, 11) is -3.63. The van der Waals surface area contributed by atoms with Gasteiger partial charge >= 0.3 is 0 Å². The molecule has 0 atom stereocenters. The summed E-state index contributed by atoms with van der Waals surface area (Å²) in [6.07, 6.45) is 0. The Bertz CT molecular complexity index is 796. The van der Waals surface area contributed by atoms with E-state index in [0.717, 1.165) is 22.3 Å². The quantitative estimate of drug-likeness (QED) is 0.855. The van der Waals surface area contributed by atoms with Gasteiger partial charge < -0.3 is 5.73 Å². The molecule has 0 aliphatic carbocycles. The van der Waals surface area contributed by atoms with E-state index in [1.54, 1.807) is 25.1 Å². The molecule has 0 saturated heterocycles. The van der Waals surface area contributed by atoms with Crippen molar-refractivity contribution in [2.75, 3.05) is 10.5 Å². The average Bonchev–Trinajstić information content (AvgIpc) is 2.39. The highest BCUT2D eigenvalue weighted by molar-refractivity contribution is 7.92. The molecule has 0 spiro atoms. The van der Waals surface area contributed by atoms with Crippen LogP contribution in [0.1, 0.15) is 22.3 Å². The summed E-state index contributed by atoms with van der Waals surface area (Å²) in [5.41, 5.74) is 10.3. The maximum absolute atomic E-state index is 12.6. The number of hydrogen-bond donors (Lipinski definition) is 2. The molecule has 2 aromatic rings. The molecular weight excluding hydrogens is 284 g/mol. The molecule has 2 rings (SSSR count). The van der Waals surface area contributed by atoms with Crippen molar-refractivity contribution in [1.82, 2.24) is 0 Å². The smallest absolute Gasteiger partial charge is 0.262 e. The highest BCUT2D eigenvalue weighted by atomic mass is 32.2. The number of rotatable bonds is 3. The third-order valence-electron chi connectivity index (χ3n) is 3.57. The van der Waals surface area contributed by atoms with Crippen LogP contribution in [0.5, 0.6) is 0 Å². The van der Waals surface area contributed by atoms with E-state index in [1.807, 2.05) is 32.9 Å². The fourth-order valence-electron chi connectivity index (χ4n) is 2.31. The van der Waals surface area contributed by atoms with E-state index in [-0.39, 0.29) is 4.90 Å². The topological polar surface area (TPSA) is 72.2 Å². The summed E-state index contributed by atoms with van der Waals surface area (Å²) >= 11 is 0. The third-order valence-corrected chi connectivity index (χ3v) is 5.08. The van der Waals surface area contributed by atoms with Crippen molar-refractivity contribution >= 4 is 21.4 Å². The van der Waals surface area contributed by atoms with Gasteiger partial charge in [-0.25, -0.2) is 8.42 Å². The Kier molecular flexibility index (Phi) is 3.96. The van der Waals surface area contributed by atoms with Gasteiger partial charge in [0.2, 0.25) is 0 Å². The second kappa shape index (κ2) is 5.41. The van der Waals surface area contributed by atoms with Crippen LogP contribution in [0, 0.1) is 27.7 Å². The van der Waals surface area contributed by atoms with Crippen molar-refractivity contribution in [3.8, 4) is 0 Å². The molecule has 0 aliphatic heterocycles. The molecule has 0 radical (unpaired) electrons. The lowest BCUT2D eigenvalue weighted by molar-refractivity contribution is 0.600. The number of nitrogens with one attached hydrogen (secondary N) is 1. The van der Waals surface area contributed by atoms with E-state index in [1.165, 1.54) is 0 Å². The van der Waals surface area contributed by atoms with Crippen molar-refractivity contribution in [1.29, 1.82) is 0 Å². The van der Waals surface area contributed by atoms with Crippen LogP contribution in [0.4, 0.5) is 11.4 Å². The molecule has 0 aliphatic rings. The molecule has 0 aromatic heterocycles. The van der Waals surface area contributed by atoms with Crippen molar-refractivity contribution < 1.29 is 8.42 Å². The molecule has 5 heteroatoms. The van der Waals surface area contributed by atoms with Crippen LogP contribution in [0.25, 0.3) is 0 Å². The lowest BCUT2D eigenvalue weighted by Gasteiger charge is -2.16. The lowest BCUT2D eigenvalue weighted by atomic mass is 10.1. The SMILES string of the molecule is Cc1ccc(S(=O)(=O)Nc2c(C)ccc(N)c2C)c(C)c1. The van der Waals surface area contributed by atoms with Gasteiger partial charge in [0.05, 0.1) is 10.6 Å². The van der Waals surface area contributed by atoms with E-state index in [4.69, 9.17) is 5.73 Å². The van der Waals surface area contributed by atoms with Crippen molar-refractivity contribution in [3.05, 3.63) is 52.6 Å². The van der Waals surface area contributed by atoms with Gasteiger partial charge in [0, 0.05) is 5.69 Å². The van der Waals surface area contributed by atoms with Gasteiger partial charge in [-0.05, 0) is 56.5 Å². The molecular formula is C16H20N2O2S. The van der Waals surface area contributed by atoms with Gasteiger partial charge in [0.1, 0.15) is 0 Å². The normalized spacial score (nSPS) is 11.4. The summed E-state index contributed by atoms with van der Waals surface area (Å²) in [5.74, 6) is 0. The standard InChI is InChI=1S/C16H20N2O2S/c1-10-5-8-15(12(3)9-10)21(19,20)18-16-11(2)6-7-14(17)13(16)4/h5-9,18H,17H2,1-4H3. The predicted molar refractivity (Wildman–Crippen MR) is 87.1 cm³/mol. The van der Waals surface area contributed by atoms with Crippen LogP contribution in [-0.4, -0.2) is 8.42 Å². The first kappa shape index (κ1) is 15.4. The number of nitrogens with two attached hydrogens (primary N) is 1. The Morgan fingerprint density at radius 1 is 0.952 bits per heavy atom. The molecule has 4 nitrogen and oxygen atoms in total. The molecule has 0 saturated carbocycles. The van der Waals surface area contributed by atoms with E-state index in [2.05, 4.69) is 4.72 Å². The zero-order valence-electron chi connectivity index (χ0n) is 12.7. The second-order valence-electron chi connectivity index (χ2n) is 5.35. The fraction of sp³-hybridized carbons (Fsp3) is 0.250. The van der Waals surface area contributed by atoms with Crippen molar-refractivity contribution in [3.63, 3.8) is 0 Å². The Morgan fingerprint density at radius 2 is 1.62 bits per heavy atom. The minimum Gasteiger partial charge on any atom is -0.398 e. The fourth-order valence-corrected chi connectivity index (χ4v) is 3.73. The number of benzene rings is 2. The zero-order chi connectivity index (χ0) is 15.8. The van der Waals surface area contributed by atoms with Crippen LogP contribution in [-0.2, 0) is 10.0 Å². The zero-order valence-corrected chi connectivity index (χ0v) is 13.5. The maximum Gasteiger partial charge on any atom is 0.262 e. The Hall–Kier alpha value is -2.01. The molecule has 2 aromatic carbocycles. The van der Waals surface area contributed by atoms with Gasteiger partial charge in [-0.15, -0.1) is 0 Å². The van der Waals surface area contributed by atoms with Crippen LogP contribution >= 0.6 is 0 Å². The molecule has 21 heavy (non-hydrogen) atoms. The van der Waals surface area contributed by atoms with Gasteiger partial charge in [0.25, 0.3) is 10.0 Å². The van der Waals surface area contributed by atoms with Crippen LogP contribution < -0.4 is 10.5 Å². The van der Waals surface area contributed by atoms with Gasteiger partial charge in [0.15, 0.2) is 0 Å². The molecule has 0 heterocycles. The molecule has 3 N–H and O–H groups in total. The number of anilines is 2. The number of aryl methyl sites for hydroxylation is 3. The second-order valence-corrected chi connectivity index (χ2v) is 7.00. The largest absolute Gasteiger partial charge is 0.398 e. The monoisotopic (exact) mass is 304 g/mol. The van der Waals surface area contributed by atoms with E-state index in [0.29, 0.717) is 11.4 Å². The molecule has 0 amide bonds. The summed E-state index contributed by atoms with van der Waals surface area (Å²) < 4.78 is 27.9. The van der Waals surface area contributed by atoms with E-state index in [9.17, 15) is 8.42 Å². The minimum absolute atomic E-state index is 0.286. The highest BCUT2D eigenvalue weighted by Gasteiger charge is 2.19. The van der Waals surface area contributed by atoms with E-state index >= 15 is 0 Å².